The summed E-state index contributed by atoms with van der Waals surface area (Å²) >= 11 is 5.62. The van der Waals surface area contributed by atoms with Gasteiger partial charge in [0, 0.05) is 24.7 Å². The summed E-state index contributed by atoms with van der Waals surface area (Å²) in [4.78, 5) is 0.229. The first-order valence-electron chi connectivity index (χ1n) is 6.39. The highest BCUT2D eigenvalue weighted by atomic mass is 35.5. The van der Waals surface area contributed by atoms with Gasteiger partial charge in [-0.25, -0.2) is 8.42 Å². The van der Waals surface area contributed by atoms with Crippen molar-refractivity contribution in [2.45, 2.75) is 45.2 Å². The average Bonchev–Trinajstić information content (AvgIpc) is 2.75. The first-order valence-corrected chi connectivity index (χ1v) is 8.36. The molecule has 1 aromatic heterocycles. The minimum atomic E-state index is -3.49. The van der Waals surface area contributed by atoms with E-state index in [2.05, 4.69) is 5.10 Å². The van der Waals surface area contributed by atoms with E-state index in [0.717, 1.165) is 0 Å². The Bertz CT molecular complexity index is 497. The van der Waals surface area contributed by atoms with Crippen LogP contribution in [0.2, 0.25) is 0 Å². The van der Waals surface area contributed by atoms with E-state index < -0.39 is 10.0 Å². The second-order valence-electron chi connectivity index (χ2n) is 5.19. The van der Waals surface area contributed by atoms with Gasteiger partial charge in [0.2, 0.25) is 10.0 Å². The zero-order chi connectivity index (χ0) is 14.6. The fraction of sp³-hybridized carbons (Fsp3) is 0.750. The Morgan fingerprint density at radius 3 is 2.47 bits per heavy atom. The molecule has 0 saturated heterocycles. The highest BCUT2D eigenvalue weighted by Crippen LogP contribution is 2.19. The van der Waals surface area contributed by atoms with E-state index in [1.807, 2.05) is 27.7 Å². The Morgan fingerprint density at radius 2 is 2.00 bits per heavy atom. The molecule has 7 heteroatoms. The summed E-state index contributed by atoms with van der Waals surface area (Å²) in [6.07, 6.45) is 2.92. The van der Waals surface area contributed by atoms with Crippen LogP contribution in [0.3, 0.4) is 0 Å². The fourth-order valence-corrected chi connectivity index (χ4v) is 3.70. The predicted molar refractivity (Wildman–Crippen MR) is 76.8 cm³/mol. The van der Waals surface area contributed by atoms with Gasteiger partial charge in [-0.05, 0) is 19.8 Å². The van der Waals surface area contributed by atoms with Crippen LogP contribution in [-0.4, -0.2) is 41.0 Å². The third-order valence-corrected chi connectivity index (χ3v) is 4.81. The molecule has 0 N–H and O–H groups in total. The lowest BCUT2D eigenvalue weighted by Gasteiger charge is -2.26. The smallest absolute Gasteiger partial charge is 0.246 e. The third-order valence-electron chi connectivity index (χ3n) is 2.65. The van der Waals surface area contributed by atoms with Crippen molar-refractivity contribution in [3.63, 3.8) is 0 Å². The summed E-state index contributed by atoms with van der Waals surface area (Å²) in [6.45, 7) is 8.76. The molecule has 5 nitrogen and oxygen atoms in total. The molecule has 0 saturated carbocycles. The first kappa shape index (κ1) is 16.5. The van der Waals surface area contributed by atoms with Crippen molar-refractivity contribution in [1.29, 1.82) is 0 Å². The van der Waals surface area contributed by atoms with E-state index >= 15 is 0 Å². The van der Waals surface area contributed by atoms with Gasteiger partial charge in [0.1, 0.15) is 4.90 Å². The molecule has 110 valence electrons. The lowest BCUT2D eigenvalue weighted by atomic mass is 10.2. The quantitative estimate of drug-likeness (QED) is 0.726. The standard InChI is InChI=1S/C12H22ClN3O2S/c1-10(2)8-16(11(3)4)19(17,18)12-7-14-15(9-12)6-5-13/h7,9-11H,5-6,8H2,1-4H3. The van der Waals surface area contributed by atoms with Crippen LogP contribution in [0.1, 0.15) is 27.7 Å². The zero-order valence-electron chi connectivity index (χ0n) is 11.9. The zero-order valence-corrected chi connectivity index (χ0v) is 13.4. The number of nitrogens with zero attached hydrogens (tertiary/aromatic N) is 3. The number of rotatable bonds is 7. The van der Waals surface area contributed by atoms with E-state index in [9.17, 15) is 8.42 Å². The third kappa shape index (κ3) is 4.19. The largest absolute Gasteiger partial charge is 0.270 e. The number of alkyl halides is 1. The molecule has 0 unspecified atom stereocenters. The van der Waals surface area contributed by atoms with Crippen molar-refractivity contribution in [2.75, 3.05) is 12.4 Å². The predicted octanol–water partition coefficient (Wildman–Crippen LogP) is 2.18. The van der Waals surface area contributed by atoms with Crippen LogP contribution < -0.4 is 0 Å². The lowest BCUT2D eigenvalue weighted by molar-refractivity contribution is 0.319. The van der Waals surface area contributed by atoms with Gasteiger partial charge >= 0.3 is 0 Å². The van der Waals surface area contributed by atoms with Gasteiger partial charge in [-0.15, -0.1) is 11.6 Å². The van der Waals surface area contributed by atoms with Gasteiger partial charge in [-0.1, -0.05) is 13.8 Å². The van der Waals surface area contributed by atoms with Crippen molar-refractivity contribution in [2.24, 2.45) is 5.92 Å². The molecule has 1 aromatic rings. The molecule has 19 heavy (non-hydrogen) atoms. The number of halogens is 1. The molecule has 0 aliphatic heterocycles. The fourth-order valence-electron chi connectivity index (χ4n) is 1.77. The van der Waals surface area contributed by atoms with Crippen molar-refractivity contribution < 1.29 is 8.42 Å². The number of sulfonamides is 1. The van der Waals surface area contributed by atoms with Crippen LogP contribution in [-0.2, 0) is 16.6 Å². The molecule has 0 aliphatic rings. The van der Waals surface area contributed by atoms with Crippen molar-refractivity contribution in [3.05, 3.63) is 12.4 Å². The average molecular weight is 308 g/mol. The van der Waals surface area contributed by atoms with Gasteiger partial charge in [0.25, 0.3) is 0 Å². The van der Waals surface area contributed by atoms with Crippen molar-refractivity contribution in [3.8, 4) is 0 Å². The highest BCUT2D eigenvalue weighted by molar-refractivity contribution is 7.89. The van der Waals surface area contributed by atoms with Crippen LogP contribution in [0.15, 0.2) is 17.3 Å². The minimum Gasteiger partial charge on any atom is -0.270 e. The van der Waals surface area contributed by atoms with Crippen molar-refractivity contribution in [1.82, 2.24) is 14.1 Å². The molecule has 0 radical (unpaired) electrons. The molecule has 1 rings (SSSR count). The molecule has 0 atom stereocenters. The Hall–Kier alpha value is -0.590. The topological polar surface area (TPSA) is 55.2 Å². The van der Waals surface area contributed by atoms with Crippen LogP contribution >= 0.6 is 11.6 Å². The molecule has 1 heterocycles. The number of hydrogen-bond donors (Lipinski definition) is 0. The Labute approximate surface area is 120 Å². The Morgan fingerprint density at radius 1 is 1.37 bits per heavy atom. The second kappa shape index (κ2) is 6.72. The van der Waals surface area contributed by atoms with E-state index in [0.29, 0.717) is 19.0 Å². The van der Waals surface area contributed by atoms with Gasteiger partial charge < -0.3 is 0 Å². The number of aryl methyl sites for hydroxylation is 1. The molecule has 0 aliphatic carbocycles. The molecule has 0 fully saturated rings. The maximum Gasteiger partial charge on any atom is 0.246 e. The highest BCUT2D eigenvalue weighted by Gasteiger charge is 2.28. The van der Waals surface area contributed by atoms with Crippen LogP contribution in [0.25, 0.3) is 0 Å². The van der Waals surface area contributed by atoms with E-state index in [-0.39, 0.29) is 16.9 Å². The molecule has 0 spiro atoms. The van der Waals surface area contributed by atoms with Gasteiger partial charge in [-0.3, -0.25) is 4.68 Å². The number of hydrogen-bond acceptors (Lipinski definition) is 3. The molecular weight excluding hydrogens is 286 g/mol. The first-order chi connectivity index (χ1) is 8.78. The molecule has 0 amide bonds. The summed E-state index contributed by atoms with van der Waals surface area (Å²) in [7, 11) is -3.49. The van der Waals surface area contributed by atoms with E-state index in [1.54, 1.807) is 4.68 Å². The minimum absolute atomic E-state index is 0.0798. The van der Waals surface area contributed by atoms with Crippen LogP contribution in [0.4, 0.5) is 0 Å². The van der Waals surface area contributed by atoms with Gasteiger partial charge in [-0.2, -0.15) is 9.40 Å². The maximum absolute atomic E-state index is 12.6. The number of aromatic nitrogens is 2. The van der Waals surface area contributed by atoms with Gasteiger partial charge in [0.05, 0.1) is 12.7 Å². The summed E-state index contributed by atoms with van der Waals surface area (Å²) in [5, 5.41) is 4.02. The van der Waals surface area contributed by atoms with Crippen LogP contribution in [0.5, 0.6) is 0 Å². The molecule has 0 bridgehead atoms. The van der Waals surface area contributed by atoms with E-state index in [1.165, 1.54) is 16.7 Å². The Balaban J connectivity index is 3.04. The maximum atomic E-state index is 12.6. The van der Waals surface area contributed by atoms with E-state index in [4.69, 9.17) is 11.6 Å². The monoisotopic (exact) mass is 307 g/mol. The van der Waals surface area contributed by atoms with Crippen molar-refractivity contribution >= 4 is 21.6 Å². The summed E-state index contributed by atoms with van der Waals surface area (Å²) in [6, 6.07) is -0.0798. The van der Waals surface area contributed by atoms with Gasteiger partial charge in [0.15, 0.2) is 0 Å². The molecule has 0 aromatic carbocycles. The second-order valence-corrected chi connectivity index (χ2v) is 7.46. The summed E-state index contributed by atoms with van der Waals surface area (Å²) in [5.41, 5.74) is 0. The molecular formula is C12H22ClN3O2S. The Kier molecular flexibility index (Phi) is 5.82. The van der Waals surface area contributed by atoms with Crippen LogP contribution in [0, 0.1) is 5.92 Å². The SMILES string of the molecule is CC(C)CN(C(C)C)S(=O)(=O)c1cnn(CCCl)c1. The summed E-state index contributed by atoms with van der Waals surface area (Å²) in [5.74, 6) is 0.677. The normalized spacial score (nSPS) is 12.8. The lowest BCUT2D eigenvalue weighted by Crippen LogP contribution is -2.39. The summed E-state index contributed by atoms with van der Waals surface area (Å²) < 4.78 is 28.2.